The molecule has 87 heavy (non-hydrogen) atoms. The van der Waals surface area contributed by atoms with Crippen LogP contribution in [-0.2, 0) is 35.8 Å². The number of anilines is 1. The third-order valence-corrected chi connectivity index (χ3v) is 20.4. The monoisotopic (exact) mass is 1200 g/mol. The molecule has 0 saturated heterocycles. The summed E-state index contributed by atoms with van der Waals surface area (Å²) in [4.78, 5) is 32.2. The average molecular weight is 1200 g/mol. The molecule has 0 spiro atoms. The zero-order chi connectivity index (χ0) is 61.4. The van der Waals surface area contributed by atoms with Crippen molar-refractivity contribution in [3.05, 3.63) is 231 Å². The van der Waals surface area contributed by atoms with Gasteiger partial charge in [0, 0.05) is 94.3 Å². The lowest BCUT2D eigenvalue weighted by Gasteiger charge is -2.38. The van der Waals surface area contributed by atoms with E-state index in [2.05, 4.69) is 194 Å². The number of fused-ring (bicyclic) bond motifs is 4. The number of benzene rings is 7. The van der Waals surface area contributed by atoms with Gasteiger partial charge in [0.25, 0.3) is 0 Å². The fourth-order valence-electron chi connectivity index (χ4n) is 12.0. The summed E-state index contributed by atoms with van der Waals surface area (Å²) < 4.78 is 2.18. The minimum absolute atomic E-state index is 0. The van der Waals surface area contributed by atoms with Crippen LogP contribution in [-0.4, -0.2) is 122 Å². The Morgan fingerprint density at radius 2 is 1.18 bits per heavy atom. The number of allylic oxidation sites excluding steroid dienone is 6. The maximum atomic E-state index is 12.7. The molecule has 1 amide bonds. The Balaban J connectivity index is 0.00000982. The van der Waals surface area contributed by atoms with Crippen LogP contribution in [0.2, 0.25) is 13.1 Å². The molecule has 0 unspecified atom stereocenters. The van der Waals surface area contributed by atoms with Gasteiger partial charge in [-0.1, -0.05) is 135 Å². The van der Waals surface area contributed by atoms with Crippen LogP contribution in [0.1, 0.15) is 84.0 Å². The molecule has 9 rings (SSSR count). The van der Waals surface area contributed by atoms with Gasteiger partial charge in [-0.3, -0.25) is 19.4 Å². The lowest BCUT2D eigenvalue weighted by atomic mass is 9.77. The molecule has 0 saturated carbocycles. The van der Waals surface area contributed by atoms with Crippen LogP contribution >= 0.6 is 12.4 Å². The Bertz CT molecular complexity index is 3970. The number of carbonyl (C=O) groups is 2. The molecule has 5 N–H and O–H groups in total. The first kappa shape index (κ1) is 65.3. The number of nitrogens with one attached hydrogen (secondary N) is 1. The first-order valence-electron chi connectivity index (χ1n) is 29.7. The SMILES string of the molecule is C=C(C)C(=O)CCCCN(Cc1ccccc1B(O)O)Cc1c2ccccc2c(CN(CCCNC(=O)C(=C)C)Cc2ccccc2B(O)O)c2ccc(C#Cc3ccc(C4=C5C=CC(=[N+](C)C)C=C5[Si](C)(C)c5cc(N(C)C)ccc54)cc3)cc12.Cl. The van der Waals surface area contributed by atoms with Crippen LogP contribution in [0, 0.1) is 11.8 Å². The number of rotatable bonds is 23. The van der Waals surface area contributed by atoms with Crippen molar-refractivity contribution in [3.8, 4) is 11.8 Å². The highest BCUT2D eigenvalue weighted by Crippen LogP contribution is 2.42. The van der Waals surface area contributed by atoms with E-state index < -0.39 is 22.3 Å². The Morgan fingerprint density at radius 1 is 0.632 bits per heavy atom. The van der Waals surface area contributed by atoms with Gasteiger partial charge in [0.15, 0.2) is 11.5 Å². The van der Waals surface area contributed by atoms with Crippen LogP contribution < -0.4 is 26.3 Å². The van der Waals surface area contributed by atoms with E-state index in [9.17, 15) is 29.7 Å². The van der Waals surface area contributed by atoms with E-state index in [0.29, 0.717) is 87.1 Å². The number of carbonyl (C=O) groups excluding carboxylic acids is 2. The smallest absolute Gasteiger partial charge is 0.423 e. The van der Waals surface area contributed by atoms with Gasteiger partial charge in [0.1, 0.15) is 22.2 Å². The van der Waals surface area contributed by atoms with Gasteiger partial charge in [-0.2, -0.15) is 0 Å². The van der Waals surface area contributed by atoms with Crippen molar-refractivity contribution < 1.29 is 34.3 Å². The van der Waals surface area contributed by atoms with Gasteiger partial charge >= 0.3 is 14.2 Å². The molecule has 11 nitrogen and oxygen atoms in total. The molecule has 7 aromatic rings. The Kier molecular flexibility index (Phi) is 21.7. The highest BCUT2D eigenvalue weighted by molar-refractivity contribution is 6.98. The Hall–Kier alpha value is -7.67. The molecule has 2 aliphatic rings. The molecule has 0 aromatic heterocycles. The molecule has 0 bridgehead atoms. The van der Waals surface area contributed by atoms with Gasteiger partial charge < -0.3 is 30.3 Å². The number of halogens is 1. The number of hydrogen-bond acceptors (Lipinski definition) is 9. The van der Waals surface area contributed by atoms with E-state index in [1.807, 2.05) is 30.3 Å². The summed E-state index contributed by atoms with van der Waals surface area (Å²) in [5, 5.41) is 52.2. The summed E-state index contributed by atoms with van der Waals surface area (Å²) in [7, 11) is 2.98. The molecular weight excluding hydrogens is 1120 g/mol. The Morgan fingerprint density at radius 3 is 1.76 bits per heavy atom. The molecule has 446 valence electrons. The first-order valence-corrected chi connectivity index (χ1v) is 32.7. The fourth-order valence-corrected chi connectivity index (χ4v) is 15.1. The number of unbranched alkanes of at least 4 members (excludes halogenated alkanes) is 1. The van der Waals surface area contributed by atoms with E-state index in [0.717, 1.165) is 66.9 Å². The third-order valence-electron chi connectivity index (χ3n) is 16.8. The van der Waals surface area contributed by atoms with Crippen molar-refractivity contribution in [1.29, 1.82) is 0 Å². The highest BCUT2D eigenvalue weighted by atomic mass is 35.5. The number of hydrogen-bond donors (Lipinski definition) is 5. The van der Waals surface area contributed by atoms with Crippen molar-refractivity contribution in [1.82, 2.24) is 15.1 Å². The van der Waals surface area contributed by atoms with Crippen LogP contribution in [0.15, 0.2) is 187 Å². The van der Waals surface area contributed by atoms with Crippen molar-refractivity contribution in [2.24, 2.45) is 0 Å². The zero-order valence-electron chi connectivity index (χ0n) is 51.6. The summed E-state index contributed by atoms with van der Waals surface area (Å²) in [6, 6.07) is 45.3. The van der Waals surface area contributed by atoms with Crippen LogP contribution in [0.25, 0.3) is 27.1 Å². The second kappa shape index (κ2) is 28.9. The molecular formula is C72H81B2ClN5O6Si+. The summed E-state index contributed by atoms with van der Waals surface area (Å²) in [6.45, 7) is 19.5. The molecule has 0 fully saturated rings. The third kappa shape index (κ3) is 15.2. The van der Waals surface area contributed by atoms with Crippen LogP contribution in [0.4, 0.5) is 5.69 Å². The van der Waals surface area contributed by atoms with Crippen LogP contribution in [0.5, 0.6) is 0 Å². The molecule has 1 heterocycles. The number of Topliss-reactive ketones (excluding diaryl/α,β-unsaturated/α-hetero) is 1. The van der Waals surface area contributed by atoms with Crippen molar-refractivity contribution in [3.63, 3.8) is 0 Å². The van der Waals surface area contributed by atoms with Crippen LogP contribution in [0.3, 0.4) is 0 Å². The minimum atomic E-state index is -2.12. The normalized spacial score (nSPS) is 13.1. The highest BCUT2D eigenvalue weighted by Gasteiger charge is 2.40. The van der Waals surface area contributed by atoms with Gasteiger partial charge in [0.05, 0.1) is 0 Å². The van der Waals surface area contributed by atoms with Gasteiger partial charge in [-0.25, -0.2) is 4.58 Å². The van der Waals surface area contributed by atoms with Gasteiger partial charge in [-0.15, -0.1) is 12.4 Å². The number of ketones is 1. The minimum Gasteiger partial charge on any atom is -0.423 e. The molecule has 0 radical (unpaired) electrons. The second-order valence-electron chi connectivity index (χ2n) is 24.0. The standard InChI is InChI=1S/C72H79B2N5O6Si.ClH/c1-49(2)68(80)26-17-18-40-78(45-54-20-11-15-24-66(54)73(82)83)48-65-59-23-14-13-22-58(59)64(47-79(41-19-39-75-72(81)50(3)4)46-55-21-12-16-25-67(55)74(84)85)60-36-31-52(42-63(60)65)28-27-51-29-32-53(33-30-51)71-61-37-34-56(76(5)6)43-69(61)86(9,10)70-44-57(77(7)8)35-38-62(70)71;/h11-16,20-25,29-38,42-44,82-85H,1,3,17-19,26,39-41,45-48H2,2,4-10H3;1H/p+1. The average Bonchev–Trinajstić information content (AvgIpc) is 0.764. The second-order valence-corrected chi connectivity index (χ2v) is 28.3. The zero-order valence-corrected chi connectivity index (χ0v) is 53.4. The largest absolute Gasteiger partial charge is 0.488 e. The van der Waals surface area contributed by atoms with E-state index in [1.54, 1.807) is 32.0 Å². The summed E-state index contributed by atoms with van der Waals surface area (Å²) in [5.41, 5.74) is 14.7. The van der Waals surface area contributed by atoms with Crippen molar-refractivity contribution in [2.75, 3.05) is 52.7 Å². The molecule has 1 aliphatic carbocycles. The summed E-state index contributed by atoms with van der Waals surface area (Å²) >= 11 is 0. The van der Waals surface area contributed by atoms with E-state index in [-0.39, 0.29) is 24.1 Å². The molecule has 0 atom stereocenters. The van der Waals surface area contributed by atoms with Gasteiger partial charge in [-0.05, 0) is 175 Å². The lowest BCUT2D eigenvalue weighted by molar-refractivity contribution is -0.462. The quantitative estimate of drug-likeness (QED) is 0.0106. The first-order chi connectivity index (χ1) is 41.2. The predicted octanol–water partition coefficient (Wildman–Crippen LogP) is 9.12. The number of amides is 1. The predicted molar refractivity (Wildman–Crippen MR) is 366 cm³/mol. The Labute approximate surface area is 522 Å². The lowest BCUT2D eigenvalue weighted by Crippen LogP contribution is -2.49. The maximum Gasteiger partial charge on any atom is 0.488 e. The number of nitrogens with zero attached hydrogens (tertiary/aromatic N) is 4. The molecule has 1 aliphatic heterocycles. The molecule has 15 heteroatoms. The summed E-state index contributed by atoms with van der Waals surface area (Å²) in [5.74, 6) is 6.96. The van der Waals surface area contributed by atoms with Gasteiger partial charge in [0.2, 0.25) is 5.91 Å². The fraction of sp³-hybridized carbons (Fsp3) is 0.264. The van der Waals surface area contributed by atoms with Crippen molar-refractivity contribution in [2.45, 2.75) is 78.8 Å². The van der Waals surface area contributed by atoms with Crippen molar-refractivity contribution >= 4 is 101 Å². The van der Waals surface area contributed by atoms with E-state index >= 15 is 0 Å². The topological polar surface area (TPSA) is 140 Å². The molecule has 7 aromatic carbocycles. The summed E-state index contributed by atoms with van der Waals surface area (Å²) in [6.07, 6.45) is 9.37. The van der Waals surface area contributed by atoms with E-state index in [1.165, 1.54) is 38.5 Å². The maximum absolute atomic E-state index is 12.7. The van der Waals surface area contributed by atoms with E-state index in [4.69, 9.17) is 0 Å².